The van der Waals surface area contributed by atoms with Crippen molar-refractivity contribution in [3.8, 4) is 22.4 Å². The normalized spacial score (nSPS) is 15.8. The van der Waals surface area contributed by atoms with Crippen LogP contribution in [0.1, 0.15) is 12.5 Å². The van der Waals surface area contributed by atoms with Gasteiger partial charge in [0, 0.05) is 32.0 Å². The lowest BCUT2D eigenvalue weighted by molar-refractivity contribution is 0.525. The number of benzene rings is 7. The van der Waals surface area contributed by atoms with Crippen LogP contribution in [0, 0.1) is 0 Å². The van der Waals surface area contributed by atoms with Crippen molar-refractivity contribution in [1.29, 1.82) is 0 Å². The number of hydrogen-bond donors (Lipinski definition) is 0. The summed E-state index contributed by atoms with van der Waals surface area (Å²) in [6.45, 7) is 2.39. The zero-order valence-corrected chi connectivity index (χ0v) is 27.6. The Morgan fingerprint density at radius 3 is 2.10 bits per heavy atom. The molecule has 0 spiro atoms. The van der Waals surface area contributed by atoms with Crippen molar-refractivity contribution in [2.45, 2.75) is 18.8 Å². The summed E-state index contributed by atoms with van der Waals surface area (Å²) in [5.41, 5.74) is 7.64. The van der Waals surface area contributed by atoms with Crippen LogP contribution in [0.4, 0.5) is 11.6 Å². The summed E-state index contributed by atoms with van der Waals surface area (Å²) < 4.78 is 2.57. The molecule has 1 atom stereocenters. The molecule has 0 bridgehead atoms. The van der Waals surface area contributed by atoms with Gasteiger partial charge in [-0.3, -0.25) is 4.90 Å². The lowest BCUT2D eigenvalue weighted by atomic mass is 9.70. The molecule has 7 aromatic carbocycles. The van der Waals surface area contributed by atoms with Crippen molar-refractivity contribution in [1.82, 2.24) is 9.97 Å². The molecule has 0 N–H and O–H groups in total. The zero-order chi connectivity index (χ0) is 32.0. The van der Waals surface area contributed by atoms with E-state index in [1.807, 2.05) is 11.3 Å². The minimum absolute atomic E-state index is 0.436. The predicted octanol–water partition coefficient (Wildman–Crippen LogP) is 11.1. The van der Waals surface area contributed by atoms with E-state index in [4.69, 9.17) is 9.97 Å². The second-order valence-electron chi connectivity index (χ2n) is 13.0. The smallest absolute Gasteiger partial charge is 0.231 e. The number of thiophene rings is 1. The van der Waals surface area contributed by atoms with Crippen LogP contribution in [0.2, 0.25) is 6.32 Å². The molecule has 0 aliphatic carbocycles. The number of fused-ring (bicyclic) bond motifs is 13. The zero-order valence-electron chi connectivity index (χ0n) is 26.7. The maximum absolute atomic E-state index is 5.53. The first-order valence-corrected chi connectivity index (χ1v) is 17.5. The fourth-order valence-electron chi connectivity index (χ4n) is 8.11. The van der Waals surface area contributed by atoms with Gasteiger partial charge < -0.3 is 0 Å². The summed E-state index contributed by atoms with van der Waals surface area (Å²) in [6.07, 6.45) is 0.869. The highest BCUT2D eigenvalue weighted by atomic mass is 32.1. The standard InChI is InChI=1S/C43H30BN3S/c1-43(25-44)33-24-23-26-13-5-6-16-28(26)37(33)38-30-18-8-7-17-29(30)36-32-20-10-12-22-35(32)48-41(36)40(38)47(43)42-45-34-21-11-9-19-31(34)39(46-42)27-14-3-2-4-15-27/h2-24H,25,44H2,1H3. The molecule has 2 aromatic heterocycles. The van der Waals surface area contributed by atoms with Crippen LogP contribution in [0.15, 0.2) is 140 Å². The van der Waals surface area contributed by atoms with Crippen LogP contribution in [0.25, 0.3) is 75.0 Å². The molecule has 5 heteroatoms. The second kappa shape index (κ2) is 10.2. The average Bonchev–Trinajstić information content (AvgIpc) is 3.54. The van der Waals surface area contributed by atoms with Crippen LogP contribution in [-0.2, 0) is 5.54 Å². The van der Waals surface area contributed by atoms with Gasteiger partial charge in [-0.15, -0.1) is 11.3 Å². The summed E-state index contributed by atoms with van der Waals surface area (Å²) in [5.74, 6) is 0.728. The second-order valence-corrected chi connectivity index (χ2v) is 14.1. The summed E-state index contributed by atoms with van der Waals surface area (Å²) in [4.78, 5) is 13.5. The largest absolute Gasteiger partial charge is 0.299 e. The van der Waals surface area contributed by atoms with E-state index < -0.39 is 5.54 Å². The maximum Gasteiger partial charge on any atom is 0.231 e. The molecule has 0 saturated heterocycles. The van der Waals surface area contributed by atoms with E-state index in [9.17, 15) is 0 Å². The summed E-state index contributed by atoms with van der Waals surface area (Å²) in [7, 11) is 2.30. The number of nitrogens with zero attached hydrogens (tertiary/aromatic N) is 3. The summed E-state index contributed by atoms with van der Waals surface area (Å²) >= 11 is 1.89. The molecule has 1 aliphatic heterocycles. The van der Waals surface area contributed by atoms with Crippen molar-refractivity contribution in [2.24, 2.45) is 0 Å². The number of rotatable bonds is 3. The number of para-hydroxylation sites is 1. The molecular formula is C43H30BN3S. The first-order valence-electron chi connectivity index (χ1n) is 16.7. The third-order valence-corrected chi connectivity index (χ3v) is 11.7. The van der Waals surface area contributed by atoms with E-state index in [1.165, 1.54) is 64.1 Å². The van der Waals surface area contributed by atoms with Gasteiger partial charge in [0.2, 0.25) is 5.95 Å². The van der Waals surface area contributed by atoms with Gasteiger partial charge in [-0.05, 0) is 51.7 Å². The van der Waals surface area contributed by atoms with Gasteiger partial charge in [-0.1, -0.05) is 134 Å². The summed E-state index contributed by atoms with van der Waals surface area (Å²) in [5, 5.41) is 8.73. The monoisotopic (exact) mass is 631 g/mol. The van der Waals surface area contributed by atoms with E-state index in [-0.39, 0.29) is 0 Å². The predicted molar refractivity (Wildman–Crippen MR) is 208 cm³/mol. The summed E-state index contributed by atoms with van der Waals surface area (Å²) in [6, 6.07) is 50.3. The highest BCUT2D eigenvalue weighted by Crippen LogP contribution is 2.60. The highest BCUT2D eigenvalue weighted by Gasteiger charge is 2.45. The Hall–Kier alpha value is -5.52. The molecule has 226 valence electrons. The van der Waals surface area contributed by atoms with Crippen LogP contribution in [0.3, 0.4) is 0 Å². The van der Waals surface area contributed by atoms with Gasteiger partial charge in [0.25, 0.3) is 0 Å². The van der Waals surface area contributed by atoms with Gasteiger partial charge in [-0.25, -0.2) is 9.97 Å². The molecule has 0 fully saturated rings. The van der Waals surface area contributed by atoms with Crippen molar-refractivity contribution in [3.63, 3.8) is 0 Å². The van der Waals surface area contributed by atoms with Crippen LogP contribution >= 0.6 is 11.3 Å². The molecular weight excluding hydrogens is 601 g/mol. The van der Waals surface area contributed by atoms with E-state index in [2.05, 4.69) is 159 Å². The number of anilines is 2. The first-order chi connectivity index (χ1) is 23.7. The van der Waals surface area contributed by atoms with Crippen LogP contribution in [0.5, 0.6) is 0 Å². The molecule has 9 aromatic rings. The lowest BCUT2D eigenvalue weighted by Gasteiger charge is -2.47. The molecule has 1 unspecified atom stereocenters. The molecule has 0 amide bonds. The first kappa shape index (κ1) is 27.6. The van der Waals surface area contributed by atoms with Crippen molar-refractivity contribution in [3.05, 3.63) is 145 Å². The van der Waals surface area contributed by atoms with E-state index in [1.54, 1.807) is 0 Å². The third-order valence-electron chi connectivity index (χ3n) is 10.5. The number of hydrogen-bond acceptors (Lipinski definition) is 4. The van der Waals surface area contributed by atoms with Crippen LogP contribution < -0.4 is 4.90 Å². The van der Waals surface area contributed by atoms with Gasteiger partial charge in [0.15, 0.2) is 0 Å². The average molecular weight is 632 g/mol. The fourth-order valence-corrected chi connectivity index (χ4v) is 9.37. The topological polar surface area (TPSA) is 29.0 Å². The van der Waals surface area contributed by atoms with Gasteiger partial charge in [0.1, 0.15) is 7.85 Å². The van der Waals surface area contributed by atoms with Crippen molar-refractivity contribution >= 4 is 83.4 Å². The third kappa shape index (κ3) is 3.71. The SMILES string of the molecule is BCC1(C)c2ccc3ccccc3c2-c2c(c3sc4ccccc4c3c3ccccc23)N1c1nc(-c2ccccc2)c2ccccc2n1. The van der Waals surface area contributed by atoms with Crippen molar-refractivity contribution in [2.75, 3.05) is 4.90 Å². The van der Waals surface area contributed by atoms with Crippen LogP contribution in [-0.4, -0.2) is 17.8 Å². The molecule has 3 heterocycles. The van der Waals surface area contributed by atoms with E-state index >= 15 is 0 Å². The number of aromatic nitrogens is 2. The minimum Gasteiger partial charge on any atom is -0.299 e. The van der Waals surface area contributed by atoms with E-state index in [0.29, 0.717) is 0 Å². The molecule has 1 aliphatic rings. The quantitative estimate of drug-likeness (QED) is 0.182. The molecule has 48 heavy (non-hydrogen) atoms. The van der Waals surface area contributed by atoms with Gasteiger partial charge in [-0.2, -0.15) is 0 Å². The Kier molecular flexibility index (Phi) is 5.88. The van der Waals surface area contributed by atoms with Gasteiger partial charge in [0.05, 0.1) is 27.1 Å². The molecule has 10 rings (SSSR count). The fraction of sp³-hybridized carbons (Fsp3) is 0.0698. The lowest BCUT2D eigenvalue weighted by Crippen LogP contribution is -2.44. The Morgan fingerprint density at radius 1 is 0.625 bits per heavy atom. The molecule has 3 nitrogen and oxygen atoms in total. The Bertz CT molecular complexity index is 2750. The van der Waals surface area contributed by atoms with Crippen molar-refractivity contribution < 1.29 is 0 Å². The molecule has 0 saturated carbocycles. The van der Waals surface area contributed by atoms with E-state index in [0.717, 1.165) is 34.4 Å². The Morgan fingerprint density at radius 2 is 1.29 bits per heavy atom. The highest BCUT2D eigenvalue weighted by molar-refractivity contribution is 7.26. The minimum atomic E-state index is -0.436. The maximum atomic E-state index is 5.53. The Balaban J connectivity index is 1.44. The molecule has 0 radical (unpaired) electrons. The Labute approximate surface area is 283 Å². The van der Waals surface area contributed by atoms with Gasteiger partial charge >= 0.3 is 0 Å².